The zero-order valence-corrected chi connectivity index (χ0v) is 28.1. The van der Waals surface area contributed by atoms with Crippen LogP contribution in [0.3, 0.4) is 0 Å². The van der Waals surface area contributed by atoms with Gasteiger partial charge in [0.05, 0.1) is 5.58 Å². The summed E-state index contributed by atoms with van der Waals surface area (Å²) in [5, 5.41) is 2.85. The number of nitrogens with zero attached hydrogens (tertiary/aromatic N) is 2. The predicted molar refractivity (Wildman–Crippen MR) is 180 cm³/mol. The van der Waals surface area contributed by atoms with E-state index >= 15 is 0 Å². The maximum absolute atomic E-state index is 8.94. The predicted octanol–water partition coefficient (Wildman–Crippen LogP) is 9.75. The third kappa shape index (κ3) is 7.59. The summed E-state index contributed by atoms with van der Waals surface area (Å²) in [6.07, 6.45) is -0.256. The van der Waals surface area contributed by atoms with Crippen molar-refractivity contribution in [3.63, 3.8) is 0 Å². The molecule has 0 fully saturated rings. The van der Waals surface area contributed by atoms with Gasteiger partial charge in [0.1, 0.15) is 5.58 Å². The fourth-order valence-corrected chi connectivity index (χ4v) is 6.29. The Hall–Kier alpha value is -3.37. The summed E-state index contributed by atoms with van der Waals surface area (Å²) in [6.45, 7) is -1.11. The smallest absolute Gasteiger partial charge is 0.120 e. The van der Waals surface area contributed by atoms with E-state index in [1.54, 1.807) is 0 Å². The van der Waals surface area contributed by atoms with Crippen LogP contribution in [0.5, 0.6) is 0 Å². The van der Waals surface area contributed by atoms with E-state index in [2.05, 4.69) is 54.7 Å². The van der Waals surface area contributed by atoms with Gasteiger partial charge < -0.3 is 14.4 Å². The van der Waals surface area contributed by atoms with E-state index in [1.807, 2.05) is 66.9 Å². The van der Waals surface area contributed by atoms with Gasteiger partial charge in [-0.3, -0.25) is 0 Å². The summed E-state index contributed by atoms with van der Waals surface area (Å²) in [5.74, 6) is 0. The van der Waals surface area contributed by atoms with Crippen molar-refractivity contribution < 1.29 is 39.6 Å². The van der Waals surface area contributed by atoms with E-state index in [-0.39, 0.29) is 31.4 Å². The van der Waals surface area contributed by atoms with Crippen LogP contribution in [-0.4, -0.2) is 18.0 Å². The SMILES string of the molecule is Cc1ccnc(-c2[c-]cccc2)c1.[2H]C([2H])([2H])C(C([2H])([2H])[2H])(C([2H])([2H])[2H])C([2H])([2H])c1cc(-c2[c-]cc([Si](C)(C)C)c3c2oc2ccccc23)ncc1C.[Ir]. The molecule has 0 N–H and O–H groups in total. The molecule has 3 aromatic carbocycles. The van der Waals surface area contributed by atoms with Crippen LogP contribution in [-0.2, 0) is 26.5 Å². The molecule has 0 saturated heterocycles. The van der Waals surface area contributed by atoms with E-state index < -0.39 is 46.0 Å². The zero-order chi connectivity index (χ0) is 39.4. The zero-order valence-electron chi connectivity index (χ0n) is 35.7. The maximum atomic E-state index is 8.94. The third-order valence-corrected chi connectivity index (χ3v) is 8.85. The van der Waals surface area contributed by atoms with Crippen LogP contribution < -0.4 is 5.19 Å². The molecule has 43 heavy (non-hydrogen) atoms. The van der Waals surface area contributed by atoms with Crippen molar-refractivity contribution in [1.82, 2.24) is 9.97 Å². The van der Waals surface area contributed by atoms with Crippen molar-refractivity contribution in [3.05, 3.63) is 114 Å². The van der Waals surface area contributed by atoms with Gasteiger partial charge in [0.15, 0.2) is 0 Å². The first-order valence-electron chi connectivity index (χ1n) is 19.2. The minimum absolute atomic E-state index is 0. The summed E-state index contributed by atoms with van der Waals surface area (Å²) in [4.78, 5) is 8.71. The molecule has 0 atom stereocenters. The molecule has 0 aliphatic heterocycles. The molecular weight excluding hydrogens is 721 g/mol. The van der Waals surface area contributed by atoms with E-state index in [0.717, 1.165) is 27.2 Å². The normalized spacial score (nSPS) is 16.6. The summed E-state index contributed by atoms with van der Waals surface area (Å²) in [7, 11) is -1.90. The van der Waals surface area contributed by atoms with E-state index in [1.165, 1.54) is 24.8 Å². The van der Waals surface area contributed by atoms with E-state index in [9.17, 15) is 0 Å². The average Bonchev–Trinajstić information content (AvgIpc) is 3.42. The molecule has 0 aliphatic carbocycles. The van der Waals surface area contributed by atoms with Crippen LogP contribution in [0, 0.1) is 31.4 Å². The van der Waals surface area contributed by atoms with Crippen molar-refractivity contribution in [2.45, 2.75) is 60.4 Å². The molecular formula is C38H40IrN2OSi-2. The monoisotopic (exact) mass is 772 g/mol. The second kappa shape index (κ2) is 13.1. The molecule has 6 aromatic rings. The first kappa shape index (κ1) is 20.6. The number of aromatic nitrogens is 2. The number of pyridine rings is 2. The molecule has 3 nitrogen and oxygen atoms in total. The van der Waals surface area contributed by atoms with Gasteiger partial charge in [-0.05, 0) is 54.7 Å². The van der Waals surface area contributed by atoms with Crippen molar-refractivity contribution in [2.24, 2.45) is 5.41 Å². The van der Waals surface area contributed by atoms with Crippen molar-refractivity contribution in [2.75, 3.05) is 0 Å². The summed E-state index contributed by atoms with van der Waals surface area (Å²) in [6, 6.07) is 28.9. The van der Waals surface area contributed by atoms with E-state index in [4.69, 9.17) is 19.5 Å². The van der Waals surface area contributed by atoms with Crippen LogP contribution in [0.1, 0.15) is 52.3 Å². The Labute approximate surface area is 286 Å². The standard InChI is InChI=1S/C26H30NOSi.C12H10N.Ir/c1-17-16-27-21(14-18(17)15-26(2,3)4)19-12-13-23(29(5,6)7)24-20-10-8-9-11-22(20)28-25(19)24;1-10-7-8-13-12(9-10)11-5-3-2-4-6-11;/h8-11,13-14,16H,15H2,1-7H3;2-5,7-9H,1H3;/q2*-1;/i2D3,3D3,4D3,15D2;;. The topological polar surface area (TPSA) is 38.9 Å². The molecule has 0 saturated carbocycles. The first-order valence-corrected chi connectivity index (χ1v) is 17.2. The number of fused-ring (bicyclic) bond motifs is 3. The van der Waals surface area contributed by atoms with Crippen LogP contribution in [0.15, 0.2) is 89.6 Å². The van der Waals surface area contributed by atoms with Crippen LogP contribution in [0.2, 0.25) is 19.6 Å². The second-order valence-electron chi connectivity index (χ2n) is 11.4. The largest absolute Gasteiger partial charge is 0.501 e. The Morgan fingerprint density at radius 2 is 1.70 bits per heavy atom. The molecule has 0 bridgehead atoms. The van der Waals surface area contributed by atoms with Crippen molar-refractivity contribution in [1.29, 1.82) is 0 Å². The fraction of sp³-hybridized carbons (Fsp3) is 0.263. The summed E-state index contributed by atoms with van der Waals surface area (Å²) >= 11 is 0. The molecule has 0 spiro atoms. The van der Waals surface area contributed by atoms with Gasteiger partial charge in [0.2, 0.25) is 0 Å². The Morgan fingerprint density at radius 1 is 0.930 bits per heavy atom. The van der Waals surface area contributed by atoms with Crippen LogP contribution in [0.25, 0.3) is 44.5 Å². The van der Waals surface area contributed by atoms with Gasteiger partial charge in [-0.1, -0.05) is 92.6 Å². The van der Waals surface area contributed by atoms with Gasteiger partial charge in [0.25, 0.3) is 0 Å². The molecule has 5 heteroatoms. The molecule has 3 heterocycles. The summed E-state index contributed by atoms with van der Waals surface area (Å²) < 4.78 is 96.4. The average molecular weight is 772 g/mol. The summed E-state index contributed by atoms with van der Waals surface area (Å²) in [5.41, 5.74) is 0.837. The molecule has 1 radical (unpaired) electrons. The van der Waals surface area contributed by atoms with E-state index in [0.29, 0.717) is 16.7 Å². The molecule has 3 aromatic heterocycles. The molecule has 223 valence electrons. The van der Waals surface area contributed by atoms with Crippen LogP contribution >= 0.6 is 0 Å². The Bertz CT molecular complexity index is 2220. The second-order valence-corrected chi connectivity index (χ2v) is 16.4. The Balaban J connectivity index is 0.000000389. The van der Waals surface area contributed by atoms with Crippen LogP contribution in [0.4, 0.5) is 0 Å². The van der Waals surface area contributed by atoms with Crippen molar-refractivity contribution >= 4 is 35.2 Å². The quantitative estimate of drug-likeness (QED) is 0.132. The van der Waals surface area contributed by atoms with Crippen molar-refractivity contribution in [3.8, 4) is 22.5 Å². The number of hydrogen-bond acceptors (Lipinski definition) is 3. The van der Waals surface area contributed by atoms with Gasteiger partial charge in [-0.2, -0.15) is 0 Å². The molecule has 0 unspecified atom stereocenters. The Morgan fingerprint density at radius 3 is 2.40 bits per heavy atom. The number of hydrogen-bond donors (Lipinski definition) is 0. The minimum Gasteiger partial charge on any atom is -0.501 e. The Kier molecular flexibility index (Phi) is 6.26. The number of furan rings is 1. The minimum atomic E-state index is -3.73. The van der Waals surface area contributed by atoms with Gasteiger partial charge in [-0.25, -0.2) is 0 Å². The number of rotatable bonds is 4. The van der Waals surface area contributed by atoms with Gasteiger partial charge >= 0.3 is 0 Å². The number of benzene rings is 3. The maximum Gasteiger partial charge on any atom is 0.120 e. The third-order valence-electron chi connectivity index (χ3n) is 6.84. The fourth-order valence-electron chi connectivity index (χ4n) is 4.79. The molecule has 0 amide bonds. The molecule has 0 aliphatic rings. The van der Waals surface area contributed by atoms with Gasteiger partial charge in [0, 0.05) is 61.0 Å². The van der Waals surface area contributed by atoms with Gasteiger partial charge in [-0.15, -0.1) is 53.2 Å². The number of para-hydroxylation sites is 1. The number of aryl methyl sites for hydroxylation is 2. The molecule has 6 rings (SSSR count). The first-order chi connectivity index (χ1) is 24.4.